The Morgan fingerprint density at radius 3 is 2.36 bits per heavy atom. The van der Waals surface area contributed by atoms with Gasteiger partial charge in [-0.25, -0.2) is 8.42 Å². The Hall–Kier alpha value is -3.52. The minimum absolute atomic E-state index is 0.220. The highest BCUT2D eigenvalue weighted by atomic mass is 32.2. The maximum Gasteiger partial charge on any atom is 0.251 e. The lowest BCUT2D eigenvalue weighted by Gasteiger charge is -2.26. The number of ether oxygens (including phenoxy) is 2. The number of amides is 1. The number of aryl methyl sites for hydroxylation is 1. The molecule has 0 spiro atoms. The average Bonchev–Trinajstić information content (AvgIpc) is 2.81. The summed E-state index contributed by atoms with van der Waals surface area (Å²) in [5, 5.41) is 2.85. The second-order valence-corrected chi connectivity index (χ2v) is 9.86. The van der Waals surface area contributed by atoms with E-state index in [1.165, 1.54) is 10.6 Å². The molecular weight excluding hydrogens is 440 g/mol. The number of hydrogen-bond donors (Lipinski definition) is 1. The minimum atomic E-state index is -3.51. The number of nitrogens with zero attached hydrogens (tertiary/aromatic N) is 1. The lowest BCUT2D eigenvalue weighted by atomic mass is 10.1. The Kier molecular flexibility index (Phi) is 6.55. The molecule has 0 saturated carbocycles. The van der Waals surface area contributed by atoms with E-state index < -0.39 is 10.0 Å². The minimum Gasteiger partial charge on any atom is -0.486 e. The van der Waals surface area contributed by atoms with Crippen molar-refractivity contribution in [3.05, 3.63) is 89.5 Å². The van der Waals surface area contributed by atoms with Crippen molar-refractivity contribution in [2.24, 2.45) is 0 Å². The summed E-state index contributed by atoms with van der Waals surface area (Å²) in [5.74, 6) is 1.08. The van der Waals surface area contributed by atoms with Crippen molar-refractivity contribution < 1.29 is 22.7 Å². The fourth-order valence-corrected chi connectivity index (χ4v) is 4.47. The second kappa shape index (κ2) is 9.54. The molecule has 0 bridgehead atoms. The normalized spacial score (nSPS) is 15.0. The molecule has 4 rings (SSSR count). The first-order chi connectivity index (χ1) is 15.8. The molecule has 8 heteroatoms. The molecule has 0 fully saturated rings. The van der Waals surface area contributed by atoms with Crippen LogP contribution in [0.15, 0.2) is 72.8 Å². The third-order valence-electron chi connectivity index (χ3n) is 5.45. The number of benzene rings is 3. The summed E-state index contributed by atoms with van der Waals surface area (Å²) in [5.41, 5.74) is 2.86. The van der Waals surface area contributed by atoms with E-state index in [2.05, 4.69) is 5.32 Å². The molecule has 0 aliphatic carbocycles. The molecule has 0 aromatic heterocycles. The van der Waals surface area contributed by atoms with Gasteiger partial charge in [0.2, 0.25) is 10.0 Å². The number of sulfonamides is 1. The van der Waals surface area contributed by atoms with Crippen molar-refractivity contribution in [2.75, 3.05) is 23.7 Å². The Balaban J connectivity index is 1.41. The predicted molar refractivity (Wildman–Crippen MR) is 127 cm³/mol. The fourth-order valence-electron chi connectivity index (χ4n) is 3.59. The van der Waals surface area contributed by atoms with Crippen LogP contribution in [0.2, 0.25) is 0 Å². The zero-order chi connectivity index (χ0) is 23.4. The lowest BCUT2D eigenvalue weighted by molar-refractivity contribution is 0.0789. The number of nitrogens with one attached hydrogen (secondary N) is 1. The van der Waals surface area contributed by atoms with Crippen molar-refractivity contribution in [2.45, 2.75) is 19.6 Å². The highest BCUT2D eigenvalue weighted by molar-refractivity contribution is 7.92. The highest BCUT2D eigenvalue weighted by Crippen LogP contribution is 2.30. The first-order valence-electron chi connectivity index (χ1n) is 10.6. The number of rotatable bonds is 7. The molecule has 0 saturated heterocycles. The quantitative estimate of drug-likeness (QED) is 0.576. The van der Waals surface area contributed by atoms with Gasteiger partial charge in [0.05, 0.1) is 25.0 Å². The molecule has 3 aromatic carbocycles. The van der Waals surface area contributed by atoms with E-state index in [0.717, 1.165) is 11.1 Å². The van der Waals surface area contributed by atoms with Gasteiger partial charge in [0.1, 0.15) is 12.7 Å². The Bertz CT molecular complexity index is 1240. The Labute approximate surface area is 194 Å². The van der Waals surface area contributed by atoms with Crippen LogP contribution in [0.25, 0.3) is 0 Å². The van der Waals surface area contributed by atoms with Crippen LogP contribution in [0.1, 0.15) is 21.5 Å². The molecule has 33 heavy (non-hydrogen) atoms. The zero-order valence-electron chi connectivity index (χ0n) is 18.5. The summed E-state index contributed by atoms with van der Waals surface area (Å²) in [6, 6.07) is 21.6. The van der Waals surface area contributed by atoms with Crippen molar-refractivity contribution in [1.82, 2.24) is 5.32 Å². The van der Waals surface area contributed by atoms with E-state index in [1.807, 2.05) is 55.5 Å². The van der Waals surface area contributed by atoms with Crippen LogP contribution >= 0.6 is 0 Å². The standard InChI is InChI=1S/C25H26N2O5S/c1-18-7-3-4-8-20(18)16-27(33(2,29)30)21-13-11-19(12-14-21)25(28)26-15-22-17-31-23-9-5-6-10-24(23)32-22/h3-14,22H,15-17H2,1-2H3,(H,26,28)/t22-/m1/s1. The maximum atomic E-state index is 12.6. The first-order valence-corrected chi connectivity index (χ1v) is 12.4. The van der Waals surface area contributed by atoms with Crippen LogP contribution in [-0.4, -0.2) is 39.8 Å². The fraction of sp³-hybridized carbons (Fsp3) is 0.240. The Morgan fingerprint density at radius 1 is 1.00 bits per heavy atom. The topological polar surface area (TPSA) is 84.9 Å². The summed E-state index contributed by atoms with van der Waals surface area (Å²) in [6.07, 6.45) is 0.883. The van der Waals surface area contributed by atoms with Crippen LogP contribution in [0.4, 0.5) is 5.69 Å². The molecule has 1 aliphatic heterocycles. The largest absolute Gasteiger partial charge is 0.486 e. The van der Waals surface area contributed by atoms with Crippen LogP contribution in [-0.2, 0) is 16.6 Å². The van der Waals surface area contributed by atoms with Gasteiger partial charge < -0.3 is 14.8 Å². The predicted octanol–water partition coefficient (Wildman–Crippen LogP) is 3.53. The molecule has 1 atom stereocenters. The summed E-state index contributed by atoms with van der Waals surface area (Å²) >= 11 is 0. The Morgan fingerprint density at radius 2 is 1.67 bits per heavy atom. The third kappa shape index (κ3) is 5.46. The monoisotopic (exact) mass is 466 g/mol. The van der Waals surface area contributed by atoms with E-state index >= 15 is 0 Å². The van der Waals surface area contributed by atoms with Crippen LogP contribution < -0.4 is 19.1 Å². The SMILES string of the molecule is Cc1ccccc1CN(c1ccc(C(=O)NC[C@@H]2COc3ccccc3O2)cc1)S(C)(=O)=O. The summed E-state index contributed by atoms with van der Waals surface area (Å²) in [6.45, 7) is 2.80. The maximum absolute atomic E-state index is 12.6. The van der Waals surface area contributed by atoms with Gasteiger partial charge in [-0.3, -0.25) is 9.10 Å². The molecule has 1 N–H and O–H groups in total. The number of anilines is 1. The molecule has 3 aromatic rings. The van der Waals surface area contributed by atoms with E-state index in [-0.39, 0.29) is 25.1 Å². The summed E-state index contributed by atoms with van der Waals surface area (Å²) in [7, 11) is -3.51. The van der Waals surface area contributed by atoms with Crippen LogP contribution in [0.5, 0.6) is 11.5 Å². The number of para-hydroxylation sites is 2. The number of carbonyl (C=O) groups excluding carboxylic acids is 1. The third-order valence-corrected chi connectivity index (χ3v) is 6.59. The van der Waals surface area contributed by atoms with Crippen molar-refractivity contribution >= 4 is 21.6 Å². The number of carbonyl (C=O) groups is 1. The van der Waals surface area contributed by atoms with Gasteiger partial charge in [-0.15, -0.1) is 0 Å². The van der Waals surface area contributed by atoms with Gasteiger partial charge in [0.25, 0.3) is 5.91 Å². The van der Waals surface area contributed by atoms with E-state index in [4.69, 9.17) is 9.47 Å². The molecule has 1 heterocycles. The number of hydrogen-bond acceptors (Lipinski definition) is 5. The molecule has 1 aliphatic rings. The summed E-state index contributed by atoms with van der Waals surface area (Å²) in [4.78, 5) is 12.6. The van der Waals surface area contributed by atoms with Gasteiger partial charge in [-0.05, 0) is 54.4 Å². The van der Waals surface area contributed by atoms with E-state index in [0.29, 0.717) is 29.4 Å². The molecular formula is C25H26N2O5S. The summed E-state index contributed by atoms with van der Waals surface area (Å²) < 4.78 is 37.8. The highest BCUT2D eigenvalue weighted by Gasteiger charge is 2.22. The average molecular weight is 467 g/mol. The van der Waals surface area contributed by atoms with Gasteiger partial charge in [-0.2, -0.15) is 0 Å². The lowest BCUT2D eigenvalue weighted by Crippen LogP contribution is -2.40. The van der Waals surface area contributed by atoms with Gasteiger partial charge in [-0.1, -0.05) is 36.4 Å². The van der Waals surface area contributed by atoms with E-state index in [9.17, 15) is 13.2 Å². The van der Waals surface area contributed by atoms with Crippen LogP contribution in [0.3, 0.4) is 0 Å². The van der Waals surface area contributed by atoms with Crippen LogP contribution in [0, 0.1) is 6.92 Å². The first kappa shape index (κ1) is 22.7. The van der Waals surface area contributed by atoms with E-state index in [1.54, 1.807) is 24.3 Å². The second-order valence-electron chi connectivity index (χ2n) is 7.95. The van der Waals surface area contributed by atoms with Crippen molar-refractivity contribution in [1.29, 1.82) is 0 Å². The van der Waals surface area contributed by atoms with Gasteiger partial charge in [0, 0.05) is 5.56 Å². The molecule has 0 radical (unpaired) electrons. The molecule has 172 valence electrons. The molecule has 0 unspecified atom stereocenters. The van der Waals surface area contributed by atoms with Crippen molar-refractivity contribution in [3.8, 4) is 11.5 Å². The number of fused-ring (bicyclic) bond motifs is 1. The molecule has 7 nitrogen and oxygen atoms in total. The van der Waals surface area contributed by atoms with Gasteiger partial charge >= 0.3 is 0 Å². The molecule has 1 amide bonds. The smallest absolute Gasteiger partial charge is 0.251 e. The van der Waals surface area contributed by atoms with Crippen molar-refractivity contribution in [3.63, 3.8) is 0 Å². The zero-order valence-corrected chi connectivity index (χ0v) is 19.3. The van der Waals surface area contributed by atoms with Gasteiger partial charge in [0.15, 0.2) is 11.5 Å².